The fraction of sp³-hybridized carbons (Fsp3) is 0.462. The average Bonchev–Trinajstić information content (AvgIpc) is 2.58. The van der Waals surface area contributed by atoms with Crippen molar-refractivity contribution in [2.75, 3.05) is 13.1 Å². The van der Waals surface area contributed by atoms with Gasteiger partial charge in [0.05, 0.1) is 11.2 Å². The summed E-state index contributed by atoms with van der Waals surface area (Å²) >= 11 is 2.19. The van der Waals surface area contributed by atoms with E-state index >= 15 is 0 Å². The van der Waals surface area contributed by atoms with Crippen LogP contribution in [0.2, 0.25) is 0 Å². The summed E-state index contributed by atoms with van der Waals surface area (Å²) in [6.07, 6.45) is 0.654. The average molecular weight is 345 g/mol. The van der Waals surface area contributed by atoms with E-state index in [-0.39, 0.29) is 5.91 Å². The lowest BCUT2D eigenvalue weighted by molar-refractivity contribution is 0.0571. The summed E-state index contributed by atoms with van der Waals surface area (Å²) in [6.45, 7) is 4.79. The molecule has 1 saturated heterocycles. The second-order valence-corrected chi connectivity index (χ2v) is 6.07. The van der Waals surface area contributed by atoms with Crippen LogP contribution in [0.5, 0.6) is 0 Å². The highest BCUT2D eigenvalue weighted by molar-refractivity contribution is 14.1. The molecule has 1 fully saturated rings. The van der Waals surface area contributed by atoms with Crippen molar-refractivity contribution in [3.63, 3.8) is 0 Å². The van der Waals surface area contributed by atoms with E-state index in [0.29, 0.717) is 19.5 Å². The monoisotopic (exact) mass is 345 g/mol. The van der Waals surface area contributed by atoms with Gasteiger partial charge in [-0.3, -0.25) is 4.79 Å². The van der Waals surface area contributed by atoms with Crippen LogP contribution in [-0.2, 0) is 0 Å². The highest BCUT2D eigenvalue weighted by Gasteiger charge is 2.35. The Morgan fingerprint density at radius 3 is 2.76 bits per heavy atom. The highest BCUT2D eigenvalue weighted by Crippen LogP contribution is 2.25. The van der Waals surface area contributed by atoms with Crippen LogP contribution >= 0.6 is 22.6 Å². The molecule has 3 nitrogen and oxygen atoms in total. The number of rotatable bonds is 1. The summed E-state index contributed by atoms with van der Waals surface area (Å²) in [5, 5.41) is 9.90. The molecule has 0 bridgehead atoms. The SMILES string of the molecule is Cc1cccc(I)c1C(=O)N1CC[C@@](C)(O)C1. The fourth-order valence-electron chi connectivity index (χ4n) is 2.18. The Labute approximate surface area is 115 Å². The van der Waals surface area contributed by atoms with Crippen LogP contribution < -0.4 is 0 Å². The second-order valence-electron chi connectivity index (χ2n) is 4.91. The van der Waals surface area contributed by atoms with Crippen LogP contribution in [-0.4, -0.2) is 34.6 Å². The number of hydrogen-bond acceptors (Lipinski definition) is 2. The van der Waals surface area contributed by atoms with Crippen molar-refractivity contribution < 1.29 is 9.90 Å². The van der Waals surface area contributed by atoms with Gasteiger partial charge in [-0.15, -0.1) is 0 Å². The van der Waals surface area contributed by atoms with Gasteiger partial charge in [0.1, 0.15) is 0 Å². The number of benzene rings is 1. The van der Waals surface area contributed by atoms with Crippen LogP contribution in [0.25, 0.3) is 0 Å². The van der Waals surface area contributed by atoms with Crippen LogP contribution in [0.1, 0.15) is 29.3 Å². The summed E-state index contributed by atoms with van der Waals surface area (Å²) in [5.74, 6) is 0.0327. The third-order valence-corrected chi connectivity index (χ3v) is 4.07. The zero-order chi connectivity index (χ0) is 12.6. The minimum Gasteiger partial charge on any atom is -0.388 e. The maximum atomic E-state index is 12.4. The third-order valence-electron chi connectivity index (χ3n) is 3.17. The molecule has 0 aliphatic carbocycles. The van der Waals surface area contributed by atoms with Crippen molar-refractivity contribution in [1.82, 2.24) is 4.90 Å². The molecule has 0 radical (unpaired) electrons. The molecular weight excluding hydrogens is 329 g/mol. The molecule has 1 aliphatic heterocycles. The summed E-state index contributed by atoms with van der Waals surface area (Å²) in [6, 6.07) is 5.84. The Kier molecular flexibility index (Phi) is 3.45. The molecule has 0 unspecified atom stereocenters. The molecule has 17 heavy (non-hydrogen) atoms. The molecule has 1 amide bonds. The molecular formula is C13H16INO2. The molecule has 1 aromatic carbocycles. The van der Waals surface area contributed by atoms with E-state index in [2.05, 4.69) is 22.6 Å². The predicted octanol–water partition coefficient (Wildman–Crippen LogP) is 2.20. The van der Waals surface area contributed by atoms with E-state index in [1.165, 1.54) is 0 Å². The van der Waals surface area contributed by atoms with Gasteiger partial charge in [0.15, 0.2) is 0 Å². The van der Waals surface area contributed by atoms with Gasteiger partial charge >= 0.3 is 0 Å². The molecule has 1 atom stereocenters. The standard InChI is InChI=1S/C13H16INO2/c1-9-4-3-5-10(14)11(9)12(16)15-7-6-13(2,17)8-15/h3-5,17H,6-8H2,1-2H3/t13-/m1/s1. The first kappa shape index (κ1) is 12.8. The normalized spacial score (nSPS) is 24.1. The number of aryl methyl sites for hydroxylation is 1. The number of carbonyl (C=O) groups is 1. The molecule has 2 rings (SSSR count). The first-order valence-electron chi connectivity index (χ1n) is 5.67. The number of amides is 1. The lowest BCUT2D eigenvalue weighted by atomic mass is 10.1. The minimum atomic E-state index is -0.732. The molecule has 1 aromatic rings. The summed E-state index contributed by atoms with van der Waals surface area (Å²) in [7, 11) is 0. The van der Waals surface area contributed by atoms with E-state index in [1.54, 1.807) is 11.8 Å². The quantitative estimate of drug-likeness (QED) is 0.793. The molecule has 0 aromatic heterocycles. The van der Waals surface area contributed by atoms with Crippen LogP contribution in [0, 0.1) is 10.5 Å². The molecule has 92 valence electrons. The molecule has 1 aliphatic rings. The van der Waals surface area contributed by atoms with E-state index in [0.717, 1.165) is 14.7 Å². The van der Waals surface area contributed by atoms with Crippen molar-refractivity contribution >= 4 is 28.5 Å². The maximum absolute atomic E-state index is 12.4. The first-order chi connectivity index (χ1) is 7.91. The number of halogens is 1. The molecule has 1 heterocycles. The Balaban J connectivity index is 2.27. The van der Waals surface area contributed by atoms with E-state index in [9.17, 15) is 9.90 Å². The van der Waals surface area contributed by atoms with Crippen LogP contribution in [0.4, 0.5) is 0 Å². The van der Waals surface area contributed by atoms with E-state index in [4.69, 9.17) is 0 Å². The van der Waals surface area contributed by atoms with Gasteiger partial charge in [-0.2, -0.15) is 0 Å². The third kappa shape index (κ3) is 2.63. The number of nitrogens with zero attached hydrogens (tertiary/aromatic N) is 1. The summed E-state index contributed by atoms with van der Waals surface area (Å²) in [5.41, 5.74) is 1.03. The smallest absolute Gasteiger partial charge is 0.255 e. The summed E-state index contributed by atoms with van der Waals surface area (Å²) < 4.78 is 0.971. The molecule has 1 N–H and O–H groups in total. The Morgan fingerprint density at radius 1 is 1.53 bits per heavy atom. The van der Waals surface area contributed by atoms with E-state index < -0.39 is 5.60 Å². The largest absolute Gasteiger partial charge is 0.388 e. The Hall–Kier alpha value is -0.620. The van der Waals surface area contributed by atoms with Gasteiger partial charge in [0.2, 0.25) is 0 Å². The second kappa shape index (κ2) is 4.57. The highest BCUT2D eigenvalue weighted by atomic mass is 127. The van der Waals surface area contributed by atoms with Gasteiger partial charge in [-0.05, 0) is 54.5 Å². The molecule has 0 spiro atoms. The van der Waals surface area contributed by atoms with E-state index in [1.807, 2.05) is 25.1 Å². The zero-order valence-electron chi connectivity index (χ0n) is 10.0. The van der Waals surface area contributed by atoms with Crippen molar-refractivity contribution in [3.05, 3.63) is 32.9 Å². The maximum Gasteiger partial charge on any atom is 0.255 e. The van der Waals surface area contributed by atoms with Gasteiger partial charge in [0.25, 0.3) is 5.91 Å². The molecule has 4 heteroatoms. The molecule has 0 saturated carbocycles. The lowest BCUT2D eigenvalue weighted by Gasteiger charge is -2.20. The number of carbonyl (C=O) groups excluding carboxylic acids is 1. The number of likely N-dealkylation sites (tertiary alicyclic amines) is 1. The summed E-state index contributed by atoms with van der Waals surface area (Å²) in [4.78, 5) is 14.1. The predicted molar refractivity (Wildman–Crippen MR) is 75.0 cm³/mol. The van der Waals surface area contributed by atoms with Gasteiger partial charge < -0.3 is 10.0 Å². The van der Waals surface area contributed by atoms with Crippen LogP contribution in [0.3, 0.4) is 0 Å². The first-order valence-corrected chi connectivity index (χ1v) is 6.75. The van der Waals surface area contributed by atoms with Gasteiger partial charge in [-0.25, -0.2) is 0 Å². The fourth-order valence-corrected chi connectivity index (χ4v) is 3.04. The minimum absolute atomic E-state index is 0.0327. The van der Waals surface area contributed by atoms with Crippen LogP contribution in [0.15, 0.2) is 18.2 Å². The number of hydrogen-bond donors (Lipinski definition) is 1. The number of aliphatic hydroxyl groups is 1. The number of β-amino-alcohol motifs (C(OH)–C–C–N with tert-alkyl or cyclic N) is 1. The van der Waals surface area contributed by atoms with Gasteiger partial charge in [-0.1, -0.05) is 12.1 Å². The van der Waals surface area contributed by atoms with Gasteiger partial charge in [0, 0.05) is 16.7 Å². The topological polar surface area (TPSA) is 40.5 Å². The Morgan fingerprint density at radius 2 is 2.24 bits per heavy atom. The van der Waals surface area contributed by atoms with Crippen molar-refractivity contribution in [3.8, 4) is 0 Å². The van der Waals surface area contributed by atoms with Crippen molar-refractivity contribution in [2.45, 2.75) is 25.9 Å². The zero-order valence-corrected chi connectivity index (χ0v) is 12.2. The van der Waals surface area contributed by atoms with Crippen molar-refractivity contribution in [2.24, 2.45) is 0 Å². The van der Waals surface area contributed by atoms with Crippen molar-refractivity contribution in [1.29, 1.82) is 0 Å². The lowest BCUT2D eigenvalue weighted by Crippen LogP contribution is -2.34. The Bertz CT molecular complexity index is 436.